The average molecular weight is 386 g/mol. The number of aryl methyl sites for hydroxylation is 1. The molecule has 3 rings (SSSR count). The van der Waals surface area contributed by atoms with Crippen LogP contribution in [0.2, 0.25) is 0 Å². The number of methoxy groups -OCH3 is 1. The van der Waals surface area contributed by atoms with E-state index in [-0.39, 0.29) is 23.1 Å². The van der Waals surface area contributed by atoms with Gasteiger partial charge in [0.25, 0.3) is 5.91 Å². The number of amides is 1. The predicted molar refractivity (Wildman–Crippen MR) is 108 cm³/mol. The van der Waals surface area contributed by atoms with Crippen molar-refractivity contribution in [2.75, 3.05) is 40.8 Å². The Labute approximate surface area is 166 Å². The number of nitrogens with zero attached hydrogens (tertiary/aromatic N) is 4. The van der Waals surface area contributed by atoms with Crippen molar-refractivity contribution >= 4 is 5.91 Å². The van der Waals surface area contributed by atoms with Crippen LogP contribution in [-0.4, -0.2) is 71.2 Å². The monoisotopic (exact) mass is 386 g/mol. The first kappa shape index (κ1) is 20.2. The van der Waals surface area contributed by atoms with Crippen molar-refractivity contribution in [3.8, 4) is 11.5 Å². The maximum absolute atomic E-state index is 13.0. The summed E-state index contributed by atoms with van der Waals surface area (Å²) < 4.78 is 7.35. The number of piperidine rings is 1. The van der Waals surface area contributed by atoms with Crippen LogP contribution in [0.15, 0.2) is 30.6 Å². The number of aromatic hydroxyl groups is 1. The van der Waals surface area contributed by atoms with Crippen LogP contribution in [0, 0.1) is 0 Å². The zero-order valence-electron chi connectivity index (χ0n) is 17.0. The number of phenols is 1. The molecule has 1 aliphatic rings. The summed E-state index contributed by atoms with van der Waals surface area (Å²) in [7, 11) is 5.64. The van der Waals surface area contributed by atoms with E-state index in [4.69, 9.17) is 4.74 Å². The van der Waals surface area contributed by atoms with Crippen LogP contribution in [-0.2, 0) is 6.54 Å². The second-order valence-electron chi connectivity index (χ2n) is 7.58. The molecule has 1 amide bonds. The van der Waals surface area contributed by atoms with E-state index in [0.717, 1.165) is 38.2 Å². The molecule has 1 aliphatic heterocycles. The van der Waals surface area contributed by atoms with Crippen molar-refractivity contribution in [2.24, 2.45) is 0 Å². The number of hydrogen-bond donors (Lipinski definition) is 1. The molecule has 1 atom stereocenters. The molecule has 1 N–H and O–H groups in total. The number of carbonyl (C=O) groups excluding carboxylic acids is 1. The quantitative estimate of drug-likeness (QED) is 0.792. The Bertz CT molecular complexity index is 803. The van der Waals surface area contributed by atoms with Gasteiger partial charge in [0.05, 0.1) is 12.7 Å². The molecule has 0 radical (unpaired) electrons. The lowest BCUT2D eigenvalue weighted by Gasteiger charge is -2.33. The van der Waals surface area contributed by atoms with Gasteiger partial charge in [-0.25, -0.2) is 4.98 Å². The van der Waals surface area contributed by atoms with Gasteiger partial charge in [0.1, 0.15) is 5.82 Å². The van der Waals surface area contributed by atoms with Gasteiger partial charge in [-0.3, -0.25) is 4.79 Å². The lowest BCUT2D eigenvalue weighted by Crippen LogP contribution is -2.39. The van der Waals surface area contributed by atoms with Gasteiger partial charge in [-0.05, 0) is 52.0 Å². The van der Waals surface area contributed by atoms with Crippen molar-refractivity contribution in [1.82, 2.24) is 19.4 Å². The summed E-state index contributed by atoms with van der Waals surface area (Å²) in [6, 6.07) is 5.02. The zero-order valence-corrected chi connectivity index (χ0v) is 17.0. The largest absolute Gasteiger partial charge is 0.504 e. The lowest BCUT2D eigenvalue weighted by molar-refractivity contribution is 0.0699. The summed E-state index contributed by atoms with van der Waals surface area (Å²) in [4.78, 5) is 21.6. The van der Waals surface area contributed by atoms with E-state index < -0.39 is 0 Å². The van der Waals surface area contributed by atoms with Gasteiger partial charge < -0.3 is 24.2 Å². The van der Waals surface area contributed by atoms with Crippen LogP contribution in [0.4, 0.5) is 0 Å². The minimum Gasteiger partial charge on any atom is -0.504 e. The van der Waals surface area contributed by atoms with E-state index >= 15 is 0 Å². The molecular weight excluding hydrogens is 356 g/mol. The SMILES string of the molecule is COc1cccc(C(=O)N2CCC[C@H](c3nccn3CCCN(C)C)C2)c1O. The predicted octanol–water partition coefficient (Wildman–Crippen LogP) is 2.57. The molecule has 1 saturated heterocycles. The molecule has 0 saturated carbocycles. The fourth-order valence-corrected chi connectivity index (χ4v) is 3.83. The van der Waals surface area contributed by atoms with Gasteiger partial charge in [0, 0.05) is 37.9 Å². The highest BCUT2D eigenvalue weighted by Gasteiger charge is 2.29. The van der Waals surface area contributed by atoms with Crippen molar-refractivity contribution in [1.29, 1.82) is 0 Å². The number of carbonyl (C=O) groups is 1. The van der Waals surface area contributed by atoms with Crippen LogP contribution >= 0.6 is 0 Å². The van der Waals surface area contributed by atoms with Crippen molar-refractivity contribution in [2.45, 2.75) is 31.7 Å². The van der Waals surface area contributed by atoms with Crippen LogP contribution < -0.4 is 4.74 Å². The Morgan fingerprint density at radius 1 is 1.39 bits per heavy atom. The average Bonchev–Trinajstić information content (AvgIpc) is 3.16. The molecule has 1 aromatic carbocycles. The standard InChI is InChI=1S/C21H30N4O3/c1-23(2)11-6-13-24-14-10-22-20(24)16-7-5-12-25(15-16)21(27)17-8-4-9-18(28-3)19(17)26/h4,8-10,14,16,26H,5-7,11-13,15H2,1-3H3/t16-/m0/s1. The minimum atomic E-state index is -0.160. The Kier molecular flexibility index (Phi) is 6.57. The second-order valence-corrected chi connectivity index (χ2v) is 7.58. The molecule has 0 aliphatic carbocycles. The molecule has 152 valence electrons. The highest BCUT2D eigenvalue weighted by Crippen LogP contribution is 2.32. The third-order valence-corrected chi connectivity index (χ3v) is 5.28. The molecule has 7 heteroatoms. The molecular formula is C21H30N4O3. The molecule has 0 spiro atoms. The van der Waals surface area contributed by atoms with Gasteiger partial charge in [-0.2, -0.15) is 0 Å². The molecule has 0 bridgehead atoms. The molecule has 1 aromatic heterocycles. The first-order valence-corrected chi connectivity index (χ1v) is 9.82. The Morgan fingerprint density at radius 2 is 2.21 bits per heavy atom. The van der Waals surface area contributed by atoms with Gasteiger partial charge in [-0.1, -0.05) is 6.07 Å². The van der Waals surface area contributed by atoms with Crippen molar-refractivity contribution in [3.05, 3.63) is 42.0 Å². The summed E-state index contributed by atoms with van der Waals surface area (Å²) in [6.07, 6.45) is 6.87. The summed E-state index contributed by atoms with van der Waals surface area (Å²) >= 11 is 0. The number of phenolic OH excluding ortho intramolecular Hbond substituents is 1. The van der Waals surface area contributed by atoms with Crippen molar-refractivity contribution in [3.63, 3.8) is 0 Å². The second kappa shape index (κ2) is 9.10. The normalized spacial score (nSPS) is 17.1. The van der Waals surface area contributed by atoms with E-state index in [2.05, 4.69) is 28.5 Å². The topological polar surface area (TPSA) is 70.8 Å². The number of likely N-dealkylation sites (tertiary alicyclic amines) is 1. The van der Waals surface area contributed by atoms with Crippen LogP contribution in [0.3, 0.4) is 0 Å². The lowest BCUT2D eigenvalue weighted by atomic mass is 9.96. The summed E-state index contributed by atoms with van der Waals surface area (Å²) in [5.74, 6) is 1.32. The first-order valence-electron chi connectivity index (χ1n) is 9.82. The van der Waals surface area contributed by atoms with E-state index in [1.165, 1.54) is 7.11 Å². The van der Waals surface area contributed by atoms with E-state index in [0.29, 0.717) is 18.8 Å². The highest BCUT2D eigenvalue weighted by atomic mass is 16.5. The minimum absolute atomic E-state index is 0.0951. The Morgan fingerprint density at radius 3 is 2.96 bits per heavy atom. The number of rotatable bonds is 7. The number of hydrogen-bond acceptors (Lipinski definition) is 5. The van der Waals surface area contributed by atoms with E-state index in [9.17, 15) is 9.90 Å². The van der Waals surface area contributed by atoms with Crippen molar-refractivity contribution < 1.29 is 14.6 Å². The number of para-hydroxylation sites is 1. The van der Waals surface area contributed by atoms with Gasteiger partial charge >= 0.3 is 0 Å². The highest BCUT2D eigenvalue weighted by molar-refractivity contribution is 5.97. The van der Waals surface area contributed by atoms with E-state index in [1.807, 2.05) is 17.3 Å². The summed E-state index contributed by atoms with van der Waals surface area (Å²) in [5.41, 5.74) is 0.286. The number of imidazole rings is 1. The van der Waals surface area contributed by atoms with Crippen LogP contribution in [0.5, 0.6) is 11.5 Å². The molecule has 28 heavy (non-hydrogen) atoms. The fourth-order valence-electron chi connectivity index (χ4n) is 3.83. The third kappa shape index (κ3) is 4.47. The van der Waals surface area contributed by atoms with Crippen LogP contribution in [0.1, 0.15) is 41.4 Å². The van der Waals surface area contributed by atoms with Gasteiger partial charge in [-0.15, -0.1) is 0 Å². The number of aromatic nitrogens is 2. The third-order valence-electron chi connectivity index (χ3n) is 5.28. The summed E-state index contributed by atoms with van der Waals surface area (Å²) in [5, 5.41) is 10.3. The summed E-state index contributed by atoms with van der Waals surface area (Å²) in [6.45, 7) is 3.25. The maximum atomic E-state index is 13.0. The number of benzene rings is 1. The molecule has 0 unspecified atom stereocenters. The maximum Gasteiger partial charge on any atom is 0.257 e. The van der Waals surface area contributed by atoms with Gasteiger partial charge in [0.2, 0.25) is 0 Å². The van der Waals surface area contributed by atoms with E-state index in [1.54, 1.807) is 18.2 Å². The smallest absolute Gasteiger partial charge is 0.257 e. The first-order chi connectivity index (χ1) is 13.5. The molecule has 2 aromatic rings. The van der Waals surface area contributed by atoms with Gasteiger partial charge in [0.15, 0.2) is 11.5 Å². The molecule has 7 nitrogen and oxygen atoms in total. The van der Waals surface area contributed by atoms with Crippen LogP contribution in [0.25, 0.3) is 0 Å². The molecule has 1 fully saturated rings. The number of ether oxygens (including phenoxy) is 1. The Hall–Kier alpha value is -2.54. The zero-order chi connectivity index (χ0) is 20.1. The fraction of sp³-hybridized carbons (Fsp3) is 0.524. The Balaban J connectivity index is 1.71. The molecule has 2 heterocycles.